The monoisotopic (exact) mass is 522 g/mol. The molecular formula is C32H34N4O3. The van der Waals surface area contributed by atoms with Crippen LogP contribution in [0.4, 0.5) is 10.5 Å². The second-order valence-electron chi connectivity index (χ2n) is 9.82. The molecular weight excluding hydrogens is 488 g/mol. The number of fused-ring (bicyclic) bond motifs is 1. The summed E-state index contributed by atoms with van der Waals surface area (Å²) in [6.07, 6.45) is 2.80. The highest BCUT2D eigenvalue weighted by molar-refractivity contribution is 5.92. The highest BCUT2D eigenvalue weighted by Gasteiger charge is 2.33. The van der Waals surface area contributed by atoms with Gasteiger partial charge in [0.15, 0.2) is 0 Å². The number of benzene rings is 3. The lowest BCUT2D eigenvalue weighted by Gasteiger charge is -2.38. The second kappa shape index (κ2) is 11.9. The molecule has 0 fully saturated rings. The third-order valence-electron chi connectivity index (χ3n) is 6.89. The van der Waals surface area contributed by atoms with Crippen LogP contribution in [0.3, 0.4) is 0 Å². The van der Waals surface area contributed by atoms with E-state index < -0.39 is 0 Å². The molecule has 1 aromatic heterocycles. The van der Waals surface area contributed by atoms with E-state index in [1.54, 1.807) is 4.90 Å². The molecule has 4 aromatic rings. The van der Waals surface area contributed by atoms with Crippen molar-refractivity contribution < 1.29 is 14.3 Å². The Labute approximate surface area is 229 Å². The van der Waals surface area contributed by atoms with Crippen molar-refractivity contribution in [3.8, 4) is 11.5 Å². The highest BCUT2D eigenvalue weighted by Crippen LogP contribution is 2.35. The number of anilines is 1. The Morgan fingerprint density at radius 2 is 1.72 bits per heavy atom. The first-order valence-corrected chi connectivity index (χ1v) is 13.4. The SMILES string of the molecule is CCCN(CC(=O)N1CCn2cccc2[C@@H]1c1cccc(Oc2ccccc2)c1)C(=O)Nc1cccc(C)c1. The molecule has 0 radical (unpaired) electrons. The maximum absolute atomic E-state index is 13.8. The number of hydrogen-bond donors (Lipinski definition) is 1. The van der Waals surface area contributed by atoms with Crippen LogP contribution in [-0.4, -0.2) is 45.9 Å². The molecule has 0 unspecified atom stereocenters. The quantitative estimate of drug-likeness (QED) is 0.289. The van der Waals surface area contributed by atoms with Gasteiger partial charge in [0, 0.05) is 37.2 Å². The minimum atomic E-state index is -0.288. The van der Waals surface area contributed by atoms with Crippen LogP contribution < -0.4 is 10.1 Å². The van der Waals surface area contributed by atoms with E-state index in [-0.39, 0.29) is 24.5 Å². The smallest absolute Gasteiger partial charge is 0.322 e. The number of nitrogens with zero attached hydrogens (tertiary/aromatic N) is 3. The van der Waals surface area contributed by atoms with Crippen LogP contribution in [0.1, 0.15) is 36.2 Å². The summed E-state index contributed by atoms with van der Waals surface area (Å²) >= 11 is 0. The first kappa shape index (κ1) is 26.1. The van der Waals surface area contributed by atoms with Gasteiger partial charge in [0.25, 0.3) is 0 Å². The molecule has 1 aliphatic heterocycles. The molecule has 5 rings (SSSR count). The molecule has 0 aliphatic carbocycles. The molecule has 0 spiro atoms. The van der Waals surface area contributed by atoms with Gasteiger partial charge in [-0.05, 0) is 73.0 Å². The molecule has 3 amide bonds. The Hall–Kier alpha value is -4.52. The number of carbonyl (C=O) groups excluding carboxylic acids is 2. The van der Waals surface area contributed by atoms with Crippen molar-refractivity contribution in [2.45, 2.75) is 32.9 Å². The van der Waals surface area contributed by atoms with Gasteiger partial charge in [0.2, 0.25) is 5.91 Å². The summed E-state index contributed by atoms with van der Waals surface area (Å²) in [7, 11) is 0. The van der Waals surface area contributed by atoms with Crippen molar-refractivity contribution in [3.63, 3.8) is 0 Å². The van der Waals surface area contributed by atoms with E-state index in [2.05, 4.69) is 16.0 Å². The van der Waals surface area contributed by atoms with Crippen LogP contribution in [0.15, 0.2) is 97.2 Å². The van der Waals surface area contributed by atoms with Crippen molar-refractivity contribution in [2.24, 2.45) is 0 Å². The van der Waals surface area contributed by atoms with E-state index in [4.69, 9.17) is 4.74 Å². The van der Waals surface area contributed by atoms with Crippen molar-refractivity contribution in [3.05, 3.63) is 114 Å². The number of ether oxygens (including phenoxy) is 1. The maximum atomic E-state index is 13.8. The van der Waals surface area contributed by atoms with E-state index >= 15 is 0 Å². The third-order valence-corrected chi connectivity index (χ3v) is 6.89. The van der Waals surface area contributed by atoms with E-state index in [1.165, 1.54) is 0 Å². The number of rotatable bonds is 8. The van der Waals surface area contributed by atoms with E-state index in [9.17, 15) is 9.59 Å². The lowest BCUT2D eigenvalue weighted by molar-refractivity contribution is -0.134. The number of aryl methyl sites for hydroxylation is 1. The van der Waals surface area contributed by atoms with Gasteiger partial charge >= 0.3 is 6.03 Å². The van der Waals surface area contributed by atoms with Gasteiger partial charge in [-0.25, -0.2) is 4.79 Å². The van der Waals surface area contributed by atoms with Gasteiger partial charge in [0.1, 0.15) is 18.0 Å². The maximum Gasteiger partial charge on any atom is 0.322 e. The average Bonchev–Trinajstić information content (AvgIpc) is 3.42. The van der Waals surface area contributed by atoms with Crippen molar-refractivity contribution >= 4 is 17.6 Å². The molecule has 7 heteroatoms. The molecule has 1 N–H and O–H groups in total. The third kappa shape index (κ3) is 6.14. The first-order valence-electron chi connectivity index (χ1n) is 13.4. The molecule has 0 saturated heterocycles. The van der Waals surface area contributed by atoms with Crippen molar-refractivity contribution in [1.82, 2.24) is 14.4 Å². The van der Waals surface area contributed by atoms with Gasteiger partial charge in [0.05, 0.1) is 6.04 Å². The van der Waals surface area contributed by atoms with Crippen LogP contribution in [0.2, 0.25) is 0 Å². The highest BCUT2D eigenvalue weighted by atomic mass is 16.5. The zero-order valence-corrected chi connectivity index (χ0v) is 22.4. The van der Waals surface area contributed by atoms with Gasteiger partial charge < -0.3 is 24.4 Å². The first-order chi connectivity index (χ1) is 19.0. The number of amides is 3. The second-order valence-corrected chi connectivity index (χ2v) is 9.82. The molecule has 1 aliphatic rings. The Bertz CT molecular complexity index is 1430. The molecule has 2 heterocycles. The average molecular weight is 523 g/mol. The topological polar surface area (TPSA) is 66.8 Å². The predicted molar refractivity (Wildman–Crippen MR) is 153 cm³/mol. The zero-order valence-electron chi connectivity index (χ0n) is 22.4. The fourth-order valence-electron chi connectivity index (χ4n) is 5.08. The number of para-hydroxylation sites is 1. The summed E-state index contributed by atoms with van der Waals surface area (Å²) in [5.41, 5.74) is 3.78. The van der Waals surface area contributed by atoms with Gasteiger partial charge in [-0.2, -0.15) is 0 Å². The standard InChI is InChI=1S/C32H34N4O3/c1-3-17-35(32(38)33-26-12-7-10-24(2)21-26)23-30(37)36-20-19-34-18-9-16-29(34)31(36)25-11-8-15-28(22-25)39-27-13-5-4-6-14-27/h4-16,18,21-22,31H,3,17,19-20,23H2,1-2H3,(H,33,38)/t31-/m0/s1. The Kier molecular flexibility index (Phi) is 7.96. The molecule has 0 saturated carbocycles. The molecule has 39 heavy (non-hydrogen) atoms. The fraction of sp³-hybridized carbons (Fsp3) is 0.250. The van der Waals surface area contributed by atoms with Gasteiger partial charge in [-0.3, -0.25) is 4.79 Å². The Morgan fingerprint density at radius 1 is 0.923 bits per heavy atom. The summed E-state index contributed by atoms with van der Waals surface area (Å²) in [5.74, 6) is 1.37. The fourth-order valence-corrected chi connectivity index (χ4v) is 5.08. The van der Waals surface area contributed by atoms with E-state index in [0.717, 1.165) is 34.7 Å². The lowest BCUT2D eigenvalue weighted by atomic mass is 9.99. The minimum Gasteiger partial charge on any atom is -0.457 e. The van der Waals surface area contributed by atoms with Crippen LogP contribution in [0.25, 0.3) is 0 Å². The largest absolute Gasteiger partial charge is 0.457 e. The molecule has 7 nitrogen and oxygen atoms in total. The molecule has 1 atom stereocenters. The van der Waals surface area contributed by atoms with E-state index in [0.29, 0.717) is 25.4 Å². The number of hydrogen-bond acceptors (Lipinski definition) is 3. The lowest BCUT2D eigenvalue weighted by Crippen LogP contribution is -2.48. The Morgan fingerprint density at radius 3 is 2.51 bits per heavy atom. The molecule has 3 aromatic carbocycles. The summed E-state index contributed by atoms with van der Waals surface area (Å²) in [5, 5.41) is 2.96. The van der Waals surface area contributed by atoms with Crippen molar-refractivity contribution in [2.75, 3.05) is 25.0 Å². The van der Waals surface area contributed by atoms with Crippen LogP contribution >= 0.6 is 0 Å². The number of urea groups is 1. The van der Waals surface area contributed by atoms with Crippen molar-refractivity contribution in [1.29, 1.82) is 0 Å². The summed E-state index contributed by atoms with van der Waals surface area (Å²) < 4.78 is 8.28. The Balaban J connectivity index is 1.38. The number of aromatic nitrogens is 1. The van der Waals surface area contributed by atoms with Gasteiger partial charge in [-0.1, -0.05) is 49.4 Å². The van der Waals surface area contributed by atoms with Gasteiger partial charge in [-0.15, -0.1) is 0 Å². The minimum absolute atomic E-state index is 0.00288. The van der Waals surface area contributed by atoms with Crippen LogP contribution in [-0.2, 0) is 11.3 Å². The van der Waals surface area contributed by atoms with Crippen LogP contribution in [0, 0.1) is 6.92 Å². The summed E-state index contributed by atoms with van der Waals surface area (Å²) in [6, 6.07) is 28.7. The number of carbonyl (C=O) groups is 2. The van der Waals surface area contributed by atoms with Crippen LogP contribution in [0.5, 0.6) is 11.5 Å². The van der Waals surface area contributed by atoms with E-state index in [1.807, 2.05) is 110 Å². The summed E-state index contributed by atoms with van der Waals surface area (Å²) in [6.45, 7) is 5.73. The zero-order chi connectivity index (χ0) is 27.2. The molecule has 0 bridgehead atoms. The summed E-state index contributed by atoms with van der Waals surface area (Å²) in [4.78, 5) is 30.5. The normalized spacial score (nSPS) is 14.4. The molecule has 200 valence electrons. The number of nitrogens with one attached hydrogen (secondary N) is 1. The predicted octanol–water partition coefficient (Wildman–Crippen LogP) is 6.46.